The van der Waals surface area contributed by atoms with Crippen molar-refractivity contribution in [1.82, 2.24) is 8.87 Å². The number of ether oxygens (including phenoxy) is 2. The maximum Gasteiger partial charge on any atom is 0.410 e. The third-order valence-corrected chi connectivity index (χ3v) is 7.29. The van der Waals surface area contributed by atoms with Gasteiger partial charge in [0.25, 0.3) is 10.0 Å². The summed E-state index contributed by atoms with van der Waals surface area (Å²) in [6.07, 6.45) is 0.0690. The number of fused-ring (bicyclic) bond motifs is 3. The predicted molar refractivity (Wildman–Crippen MR) is 123 cm³/mol. The Balaban J connectivity index is 1.89. The van der Waals surface area contributed by atoms with Crippen LogP contribution in [0, 0.1) is 6.92 Å². The van der Waals surface area contributed by atoms with Gasteiger partial charge in [-0.05, 0) is 70.0 Å². The van der Waals surface area contributed by atoms with Crippen molar-refractivity contribution in [2.24, 2.45) is 0 Å². The highest BCUT2D eigenvalue weighted by Gasteiger charge is 2.33. The molecule has 32 heavy (non-hydrogen) atoms. The molecule has 0 spiro atoms. The Labute approximate surface area is 188 Å². The Morgan fingerprint density at radius 2 is 1.75 bits per heavy atom. The number of rotatable bonds is 3. The Bertz CT molecular complexity index is 1280. The van der Waals surface area contributed by atoms with Gasteiger partial charge in [-0.15, -0.1) is 0 Å². The lowest BCUT2D eigenvalue weighted by atomic mass is 10.0. The van der Waals surface area contributed by atoms with Crippen molar-refractivity contribution in [2.75, 3.05) is 13.7 Å². The fourth-order valence-electron chi connectivity index (χ4n) is 4.00. The summed E-state index contributed by atoms with van der Waals surface area (Å²) in [5, 5.41) is 0.818. The topological polar surface area (TPSA) is 77.8 Å². The quantitative estimate of drug-likeness (QED) is 0.580. The highest BCUT2D eigenvalue weighted by Crippen LogP contribution is 2.36. The number of methoxy groups -OCH3 is 1. The zero-order valence-electron chi connectivity index (χ0n) is 19.0. The standard InChI is InChI=1S/C24H28N2O5S/c1-16-6-9-18(10-7-16)32(28,29)26-21-11-8-17(30-5)14-20(21)19-12-13-25(15-22(19)26)23(27)31-24(2,3)4/h6-11,14H,12-13,15H2,1-5H3. The van der Waals surface area contributed by atoms with Crippen LogP contribution >= 0.6 is 0 Å². The number of nitrogens with zero attached hydrogens (tertiary/aromatic N) is 2. The van der Waals surface area contributed by atoms with E-state index in [-0.39, 0.29) is 11.4 Å². The lowest BCUT2D eigenvalue weighted by Gasteiger charge is -2.30. The van der Waals surface area contributed by atoms with Gasteiger partial charge in [0.1, 0.15) is 11.4 Å². The van der Waals surface area contributed by atoms with Gasteiger partial charge in [-0.25, -0.2) is 17.2 Å². The summed E-state index contributed by atoms with van der Waals surface area (Å²) < 4.78 is 39.8. The maximum atomic E-state index is 13.7. The Morgan fingerprint density at radius 3 is 2.38 bits per heavy atom. The second-order valence-corrected chi connectivity index (χ2v) is 10.8. The number of benzene rings is 2. The molecule has 0 saturated carbocycles. The van der Waals surface area contributed by atoms with E-state index in [1.807, 2.05) is 33.8 Å². The summed E-state index contributed by atoms with van der Waals surface area (Å²) in [5.41, 5.74) is 2.40. The van der Waals surface area contributed by atoms with Crippen LogP contribution in [0.15, 0.2) is 47.4 Å². The molecule has 1 aliphatic rings. The molecular weight excluding hydrogens is 428 g/mol. The van der Waals surface area contributed by atoms with Crippen LogP contribution in [-0.4, -0.2) is 42.6 Å². The maximum absolute atomic E-state index is 13.7. The summed E-state index contributed by atoms with van der Waals surface area (Å²) in [4.78, 5) is 14.5. The van der Waals surface area contributed by atoms with Crippen molar-refractivity contribution in [3.63, 3.8) is 0 Å². The van der Waals surface area contributed by atoms with Gasteiger partial charge in [-0.3, -0.25) is 0 Å². The molecule has 170 valence electrons. The van der Waals surface area contributed by atoms with Crippen LogP contribution in [0.4, 0.5) is 4.79 Å². The second kappa shape index (κ2) is 7.85. The van der Waals surface area contributed by atoms with E-state index in [1.54, 1.807) is 48.4 Å². The summed E-state index contributed by atoms with van der Waals surface area (Å²) in [6.45, 7) is 7.94. The van der Waals surface area contributed by atoms with Crippen molar-refractivity contribution in [1.29, 1.82) is 0 Å². The van der Waals surface area contributed by atoms with E-state index in [4.69, 9.17) is 9.47 Å². The minimum absolute atomic E-state index is 0.145. The van der Waals surface area contributed by atoms with E-state index in [1.165, 1.54) is 3.97 Å². The van der Waals surface area contributed by atoms with E-state index in [9.17, 15) is 13.2 Å². The van der Waals surface area contributed by atoms with E-state index in [0.717, 1.165) is 16.5 Å². The average molecular weight is 457 g/mol. The molecule has 0 unspecified atom stereocenters. The molecule has 2 heterocycles. The molecule has 8 heteroatoms. The molecule has 3 aromatic rings. The summed E-state index contributed by atoms with van der Waals surface area (Å²) in [7, 11) is -2.31. The molecule has 4 rings (SSSR count). The zero-order valence-corrected chi connectivity index (χ0v) is 19.8. The number of aromatic nitrogens is 1. The molecule has 1 amide bonds. The van der Waals surface area contributed by atoms with Gasteiger partial charge in [-0.2, -0.15) is 0 Å². The number of carbonyl (C=O) groups is 1. The Hall–Kier alpha value is -3.00. The fourth-order valence-corrected chi connectivity index (χ4v) is 5.57. The molecule has 1 aromatic heterocycles. The second-order valence-electron chi connectivity index (χ2n) is 9.04. The zero-order chi connectivity index (χ0) is 23.3. The van der Waals surface area contributed by atoms with Gasteiger partial charge >= 0.3 is 6.09 Å². The molecule has 0 saturated heterocycles. The van der Waals surface area contributed by atoms with Crippen molar-refractivity contribution in [2.45, 2.75) is 51.2 Å². The van der Waals surface area contributed by atoms with Crippen molar-refractivity contribution in [3.8, 4) is 5.75 Å². The molecular formula is C24H28N2O5S. The van der Waals surface area contributed by atoms with E-state index >= 15 is 0 Å². The molecule has 1 aliphatic heterocycles. The Morgan fingerprint density at radius 1 is 1.06 bits per heavy atom. The summed E-state index contributed by atoms with van der Waals surface area (Å²) in [6, 6.07) is 12.2. The number of carbonyl (C=O) groups excluding carboxylic acids is 1. The Kier molecular flexibility index (Phi) is 5.45. The van der Waals surface area contributed by atoms with E-state index in [0.29, 0.717) is 29.9 Å². The third-order valence-electron chi connectivity index (χ3n) is 5.52. The van der Waals surface area contributed by atoms with Crippen LogP contribution in [0.25, 0.3) is 10.9 Å². The van der Waals surface area contributed by atoms with E-state index in [2.05, 4.69) is 0 Å². The number of hydrogen-bond donors (Lipinski definition) is 0. The minimum Gasteiger partial charge on any atom is -0.497 e. The summed E-state index contributed by atoms with van der Waals surface area (Å²) >= 11 is 0. The third kappa shape index (κ3) is 3.95. The molecule has 0 atom stereocenters. The summed E-state index contributed by atoms with van der Waals surface area (Å²) in [5.74, 6) is 0.653. The SMILES string of the molecule is COc1ccc2c(c1)c1c(n2S(=O)(=O)c2ccc(C)cc2)CN(C(=O)OC(C)(C)C)CC1. The fraction of sp³-hybridized carbons (Fsp3) is 0.375. The van der Waals surface area contributed by atoms with Gasteiger partial charge in [-0.1, -0.05) is 17.7 Å². The molecule has 0 radical (unpaired) electrons. The lowest BCUT2D eigenvalue weighted by molar-refractivity contribution is 0.0221. The smallest absolute Gasteiger partial charge is 0.410 e. The van der Waals surface area contributed by atoms with Gasteiger partial charge in [0.2, 0.25) is 0 Å². The van der Waals surface area contributed by atoms with Gasteiger partial charge in [0, 0.05) is 11.9 Å². The molecule has 2 aromatic carbocycles. The van der Waals surface area contributed by atoms with Crippen LogP contribution in [-0.2, 0) is 27.7 Å². The van der Waals surface area contributed by atoms with Gasteiger partial charge < -0.3 is 14.4 Å². The van der Waals surface area contributed by atoms with Gasteiger partial charge in [0.05, 0.1) is 29.8 Å². The first-order valence-corrected chi connectivity index (χ1v) is 12.0. The van der Waals surface area contributed by atoms with Crippen LogP contribution in [0.1, 0.15) is 37.6 Å². The normalized spacial score (nSPS) is 14.3. The van der Waals surface area contributed by atoms with Crippen LogP contribution in [0.2, 0.25) is 0 Å². The monoisotopic (exact) mass is 456 g/mol. The predicted octanol–water partition coefficient (Wildman–Crippen LogP) is 4.49. The first kappa shape index (κ1) is 22.2. The highest BCUT2D eigenvalue weighted by atomic mass is 32.2. The number of hydrogen-bond acceptors (Lipinski definition) is 5. The molecule has 0 fully saturated rings. The largest absolute Gasteiger partial charge is 0.497 e. The van der Waals surface area contributed by atoms with Crippen LogP contribution < -0.4 is 4.74 Å². The van der Waals surface area contributed by atoms with Crippen molar-refractivity contribution < 1.29 is 22.7 Å². The molecule has 0 N–H and O–H groups in total. The number of aryl methyl sites for hydroxylation is 1. The average Bonchev–Trinajstić information content (AvgIpc) is 3.06. The van der Waals surface area contributed by atoms with Crippen LogP contribution in [0.5, 0.6) is 5.75 Å². The highest BCUT2D eigenvalue weighted by molar-refractivity contribution is 7.90. The van der Waals surface area contributed by atoms with Crippen LogP contribution in [0.3, 0.4) is 0 Å². The molecule has 7 nitrogen and oxygen atoms in total. The first-order chi connectivity index (χ1) is 15.0. The molecule has 0 aliphatic carbocycles. The van der Waals surface area contributed by atoms with Gasteiger partial charge in [0.15, 0.2) is 0 Å². The molecule has 0 bridgehead atoms. The van der Waals surface area contributed by atoms with E-state index < -0.39 is 21.7 Å². The van der Waals surface area contributed by atoms with Crippen molar-refractivity contribution in [3.05, 3.63) is 59.3 Å². The first-order valence-electron chi connectivity index (χ1n) is 10.5. The number of amides is 1. The lowest BCUT2D eigenvalue weighted by Crippen LogP contribution is -2.40. The van der Waals surface area contributed by atoms with Crippen molar-refractivity contribution >= 4 is 27.0 Å². The minimum atomic E-state index is -3.89.